The molecular formula is C51H44. The number of hydrogen-bond acceptors (Lipinski definition) is 0. The molecule has 0 spiro atoms. The van der Waals surface area contributed by atoms with Crippen molar-refractivity contribution in [2.24, 2.45) is 5.92 Å². The highest BCUT2D eigenvalue weighted by atomic mass is 14.4. The van der Waals surface area contributed by atoms with Crippen LogP contribution in [0, 0.1) is 5.92 Å². The summed E-state index contributed by atoms with van der Waals surface area (Å²) in [5, 5.41) is 2.76. The van der Waals surface area contributed by atoms with Crippen LogP contribution >= 0.6 is 0 Å². The first kappa shape index (κ1) is 31.5. The predicted octanol–water partition coefficient (Wildman–Crippen LogP) is 12.3. The second-order valence-electron chi connectivity index (χ2n) is 15.2. The molecule has 0 heterocycles. The smallest absolute Gasteiger partial charge is 0.0159 e. The number of fused-ring (bicyclic) bond motifs is 5. The minimum Gasteiger partial charge on any atom is -0.0767 e. The SMILES string of the molecule is CCC(C)c1c(-c2cccc(-c3cccc(-c4ccc5c(c4)C(C)(C)c4ccccc4-5)c3)c2)cccc1-c1cccc2c1=CCC1C=CC=CC=21. The Bertz CT molecular complexity index is 2530. The number of rotatable bonds is 6. The van der Waals surface area contributed by atoms with E-state index >= 15 is 0 Å². The Morgan fingerprint density at radius 2 is 1.22 bits per heavy atom. The van der Waals surface area contributed by atoms with Gasteiger partial charge in [0.25, 0.3) is 0 Å². The molecule has 0 amide bonds. The topological polar surface area (TPSA) is 0 Å². The van der Waals surface area contributed by atoms with Crippen molar-refractivity contribution in [1.82, 2.24) is 0 Å². The maximum Gasteiger partial charge on any atom is 0.0159 e. The molecule has 0 saturated heterocycles. The van der Waals surface area contributed by atoms with E-state index in [1.165, 1.54) is 88.3 Å². The summed E-state index contributed by atoms with van der Waals surface area (Å²) in [6.07, 6.45) is 13.7. The Morgan fingerprint density at radius 3 is 2.02 bits per heavy atom. The molecule has 0 aliphatic heterocycles. The Hall–Kier alpha value is -5.46. The minimum absolute atomic E-state index is 0.0155. The van der Waals surface area contributed by atoms with Gasteiger partial charge in [0.15, 0.2) is 0 Å². The van der Waals surface area contributed by atoms with Crippen LogP contribution in [0.5, 0.6) is 0 Å². The maximum atomic E-state index is 2.48. The van der Waals surface area contributed by atoms with Gasteiger partial charge in [-0.15, -0.1) is 0 Å². The van der Waals surface area contributed by atoms with Gasteiger partial charge in [-0.2, -0.15) is 0 Å². The summed E-state index contributed by atoms with van der Waals surface area (Å²) >= 11 is 0. The van der Waals surface area contributed by atoms with Crippen molar-refractivity contribution >= 4 is 11.6 Å². The van der Waals surface area contributed by atoms with Crippen molar-refractivity contribution in [3.05, 3.63) is 179 Å². The van der Waals surface area contributed by atoms with Gasteiger partial charge in [-0.25, -0.2) is 0 Å². The van der Waals surface area contributed by atoms with Crippen LogP contribution in [0.2, 0.25) is 0 Å². The van der Waals surface area contributed by atoms with Crippen LogP contribution < -0.4 is 10.4 Å². The average molecular weight is 657 g/mol. The van der Waals surface area contributed by atoms with Crippen molar-refractivity contribution < 1.29 is 0 Å². The lowest BCUT2D eigenvalue weighted by Crippen LogP contribution is -2.34. The van der Waals surface area contributed by atoms with Gasteiger partial charge in [0.1, 0.15) is 0 Å². The van der Waals surface area contributed by atoms with E-state index in [1.807, 2.05) is 0 Å². The molecule has 0 radical (unpaired) electrons. The van der Waals surface area contributed by atoms with Gasteiger partial charge >= 0.3 is 0 Å². The molecule has 248 valence electrons. The fourth-order valence-corrected chi connectivity index (χ4v) is 9.01. The lowest BCUT2D eigenvalue weighted by molar-refractivity contribution is 0.660. The Kier molecular flexibility index (Phi) is 7.66. The Labute approximate surface area is 302 Å². The predicted molar refractivity (Wildman–Crippen MR) is 218 cm³/mol. The summed E-state index contributed by atoms with van der Waals surface area (Å²) in [6.45, 7) is 9.43. The zero-order chi connectivity index (χ0) is 34.7. The monoisotopic (exact) mass is 656 g/mol. The fourth-order valence-electron chi connectivity index (χ4n) is 9.01. The third-order valence-corrected chi connectivity index (χ3v) is 11.9. The molecule has 6 aromatic rings. The zero-order valence-corrected chi connectivity index (χ0v) is 30.1. The highest BCUT2D eigenvalue weighted by molar-refractivity contribution is 5.86. The largest absolute Gasteiger partial charge is 0.0767 e. The van der Waals surface area contributed by atoms with Gasteiger partial charge in [0.05, 0.1) is 0 Å². The number of benzene rings is 6. The summed E-state index contributed by atoms with van der Waals surface area (Å²) in [4.78, 5) is 0. The molecule has 6 aromatic carbocycles. The van der Waals surface area contributed by atoms with Crippen molar-refractivity contribution in [2.75, 3.05) is 0 Å². The molecule has 0 saturated carbocycles. The molecule has 3 aliphatic rings. The van der Waals surface area contributed by atoms with Crippen molar-refractivity contribution in [3.63, 3.8) is 0 Å². The van der Waals surface area contributed by atoms with Crippen molar-refractivity contribution in [3.8, 4) is 55.6 Å². The van der Waals surface area contributed by atoms with Gasteiger partial charge in [0, 0.05) is 11.3 Å². The van der Waals surface area contributed by atoms with Crippen LogP contribution in [0.3, 0.4) is 0 Å². The molecule has 0 heteroatoms. The summed E-state index contributed by atoms with van der Waals surface area (Å²) in [7, 11) is 0. The lowest BCUT2D eigenvalue weighted by Gasteiger charge is -2.23. The van der Waals surface area contributed by atoms with Gasteiger partial charge in [-0.1, -0.05) is 167 Å². The van der Waals surface area contributed by atoms with E-state index < -0.39 is 0 Å². The molecule has 51 heavy (non-hydrogen) atoms. The molecule has 0 aromatic heterocycles. The van der Waals surface area contributed by atoms with E-state index in [9.17, 15) is 0 Å². The van der Waals surface area contributed by atoms with E-state index in [-0.39, 0.29) is 5.41 Å². The van der Waals surface area contributed by atoms with Crippen LogP contribution in [-0.4, -0.2) is 0 Å². The fraction of sp³-hybridized carbons (Fsp3) is 0.176. The highest BCUT2D eigenvalue weighted by Crippen LogP contribution is 2.49. The first-order valence-electron chi connectivity index (χ1n) is 18.7. The second-order valence-corrected chi connectivity index (χ2v) is 15.2. The summed E-state index contributed by atoms with van der Waals surface area (Å²) in [5.74, 6) is 0.891. The first-order chi connectivity index (χ1) is 24.9. The molecule has 3 aliphatic carbocycles. The van der Waals surface area contributed by atoms with Crippen LogP contribution in [0.4, 0.5) is 0 Å². The highest BCUT2D eigenvalue weighted by Gasteiger charge is 2.35. The summed E-state index contributed by atoms with van der Waals surface area (Å²) in [6, 6.07) is 48.1. The average Bonchev–Trinajstić information content (AvgIpc) is 3.42. The maximum absolute atomic E-state index is 2.48. The van der Waals surface area contributed by atoms with Crippen LogP contribution in [-0.2, 0) is 5.41 Å². The van der Waals surface area contributed by atoms with E-state index in [4.69, 9.17) is 0 Å². The quantitative estimate of drug-likeness (QED) is 0.167. The summed E-state index contributed by atoms with van der Waals surface area (Å²) in [5.41, 5.74) is 18.8. The molecule has 0 bridgehead atoms. The molecule has 0 fully saturated rings. The summed E-state index contributed by atoms with van der Waals surface area (Å²) < 4.78 is 0. The minimum atomic E-state index is -0.0155. The van der Waals surface area contributed by atoms with Crippen molar-refractivity contribution in [2.45, 2.75) is 51.9 Å². The second kappa shape index (κ2) is 12.4. The van der Waals surface area contributed by atoms with E-state index in [1.54, 1.807) is 0 Å². The zero-order valence-electron chi connectivity index (χ0n) is 30.1. The first-order valence-corrected chi connectivity index (χ1v) is 18.7. The van der Waals surface area contributed by atoms with Crippen LogP contribution in [0.1, 0.15) is 63.1 Å². The van der Waals surface area contributed by atoms with Crippen LogP contribution in [0.25, 0.3) is 67.3 Å². The molecular weight excluding hydrogens is 613 g/mol. The van der Waals surface area contributed by atoms with Crippen molar-refractivity contribution in [1.29, 1.82) is 0 Å². The van der Waals surface area contributed by atoms with E-state index in [0.29, 0.717) is 11.8 Å². The Morgan fingerprint density at radius 1 is 0.588 bits per heavy atom. The normalized spacial score (nSPS) is 16.9. The van der Waals surface area contributed by atoms with Gasteiger partial charge in [-0.3, -0.25) is 0 Å². The number of hydrogen-bond donors (Lipinski definition) is 0. The van der Waals surface area contributed by atoms with Gasteiger partial charge in [0.2, 0.25) is 0 Å². The van der Waals surface area contributed by atoms with E-state index in [2.05, 4.69) is 185 Å². The van der Waals surface area contributed by atoms with E-state index in [0.717, 1.165) is 12.8 Å². The molecule has 9 rings (SSSR count). The third-order valence-electron chi connectivity index (χ3n) is 11.9. The molecule has 0 N–H and O–H groups in total. The molecule has 2 atom stereocenters. The molecule has 2 unspecified atom stereocenters. The van der Waals surface area contributed by atoms with Gasteiger partial charge in [-0.05, 0) is 125 Å². The van der Waals surface area contributed by atoms with Gasteiger partial charge < -0.3 is 0 Å². The lowest BCUT2D eigenvalue weighted by atomic mass is 9.80. The van der Waals surface area contributed by atoms with Crippen LogP contribution in [0.15, 0.2) is 152 Å². The number of allylic oxidation sites excluding steroid dienone is 4. The Balaban J connectivity index is 1.12. The standard InChI is InChI=1S/C51H44/c1-5-33(2)50-41(21-12-24-47(50)43-23-13-22-42-40-19-7-6-14-34(40)26-28-44(42)43)39-18-11-17-37(31-39)35-15-10-16-36(30-35)38-27-29-46-45-20-8-9-25-48(45)51(3,4)49(46)32-38/h6-25,27-34H,5,26H2,1-4H3. The third kappa shape index (κ3) is 5.20. The molecule has 0 nitrogen and oxygen atoms in total.